The molecule has 1 aliphatic heterocycles. The molecule has 0 fully saturated rings. The first-order chi connectivity index (χ1) is 16.5. The van der Waals surface area contributed by atoms with Crippen LogP contribution >= 0.6 is 11.3 Å². The molecule has 0 saturated carbocycles. The van der Waals surface area contributed by atoms with Gasteiger partial charge in [-0.2, -0.15) is 0 Å². The number of likely N-dealkylation sites (N-methyl/N-ethyl adjacent to an activating group) is 1. The number of carbonyl (C=O) groups excluding carboxylic acids is 2. The van der Waals surface area contributed by atoms with Crippen LogP contribution < -0.4 is 20.3 Å². The number of nitrogens with one attached hydrogen (secondary N) is 2. The first-order valence-electron chi connectivity index (χ1n) is 10.5. The van der Waals surface area contributed by atoms with E-state index in [-0.39, 0.29) is 30.7 Å². The summed E-state index contributed by atoms with van der Waals surface area (Å²) in [6, 6.07) is 11.5. The van der Waals surface area contributed by atoms with Crippen molar-refractivity contribution in [3.05, 3.63) is 60.0 Å². The van der Waals surface area contributed by atoms with E-state index < -0.39 is 0 Å². The van der Waals surface area contributed by atoms with E-state index in [1.54, 1.807) is 37.4 Å². The van der Waals surface area contributed by atoms with Crippen molar-refractivity contribution in [2.75, 3.05) is 35.7 Å². The van der Waals surface area contributed by atoms with Crippen molar-refractivity contribution >= 4 is 50.6 Å². The number of rotatable bonds is 6. The summed E-state index contributed by atoms with van der Waals surface area (Å²) in [5.74, 6) is 0.581. The first-order valence-corrected chi connectivity index (χ1v) is 11.4. The Balaban J connectivity index is 1.26. The third-order valence-corrected chi connectivity index (χ3v) is 6.39. The molecular formula is C24H20FN5O3S. The van der Waals surface area contributed by atoms with E-state index in [0.29, 0.717) is 29.5 Å². The van der Waals surface area contributed by atoms with Gasteiger partial charge in [0.2, 0.25) is 5.91 Å². The minimum absolute atomic E-state index is 0.00416. The van der Waals surface area contributed by atoms with Crippen molar-refractivity contribution in [1.82, 2.24) is 9.97 Å². The zero-order valence-corrected chi connectivity index (χ0v) is 19.0. The Kier molecular flexibility index (Phi) is 5.81. The van der Waals surface area contributed by atoms with E-state index in [2.05, 4.69) is 20.6 Å². The normalized spacial score (nSPS) is 12.9. The van der Waals surface area contributed by atoms with Crippen molar-refractivity contribution in [3.63, 3.8) is 0 Å². The maximum atomic E-state index is 13.3. The summed E-state index contributed by atoms with van der Waals surface area (Å²) in [5.41, 5.74) is 2.96. The Morgan fingerprint density at radius 2 is 2.03 bits per heavy atom. The molecule has 0 unspecified atom stereocenters. The average Bonchev–Trinajstić information content (AvgIpc) is 3.27. The highest BCUT2D eigenvalue weighted by Crippen LogP contribution is 2.36. The van der Waals surface area contributed by atoms with Crippen molar-refractivity contribution < 1.29 is 18.7 Å². The molecule has 4 aromatic rings. The van der Waals surface area contributed by atoms with Crippen LogP contribution in [0.3, 0.4) is 0 Å². The van der Waals surface area contributed by atoms with Gasteiger partial charge in [0, 0.05) is 36.6 Å². The van der Waals surface area contributed by atoms with Crippen molar-refractivity contribution in [2.45, 2.75) is 6.42 Å². The predicted octanol–water partition coefficient (Wildman–Crippen LogP) is 4.29. The number of thiophene rings is 1. The van der Waals surface area contributed by atoms with Gasteiger partial charge in [-0.1, -0.05) is 12.1 Å². The van der Waals surface area contributed by atoms with Crippen LogP contribution in [0.15, 0.2) is 54.2 Å². The van der Waals surface area contributed by atoms with Crippen molar-refractivity contribution in [3.8, 4) is 16.9 Å². The molecular weight excluding hydrogens is 457 g/mol. The Labute approximate surface area is 198 Å². The first kappa shape index (κ1) is 21.8. The Hall–Kier alpha value is -4.05. The van der Waals surface area contributed by atoms with Gasteiger partial charge in [0.1, 0.15) is 28.5 Å². The van der Waals surface area contributed by atoms with Crippen molar-refractivity contribution in [1.29, 1.82) is 0 Å². The molecule has 2 amide bonds. The molecule has 8 nitrogen and oxygen atoms in total. The number of amides is 2. The number of anilines is 3. The molecule has 34 heavy (non-hydrogen) atoms. The standard InChI is InChI=1S/C24H20FN5O3S/c1-30-18-10-16(6-7-19(18)33-11-21(30)32)29-20(31)8-9-26-23-22-17(12-34-24(22)28-13-27-23)14-2-4-15(25)5-3-14/h2-7,10,12-13H,8-9,11H2,1H3,(H,29,31)(H,26,27,28). The lowest BCUT2D eigenvalue weighted by Crippen LogP contribution is -2.35. The van der Waals surface area contributed by atoms with Gasteiger partial charge in [-0.3, -0.25) is 9.59 Å². The van der Waals surface area contributed by atoms with E-state index in [4.69, 9.17) is 4.74 Å². The zero-order valence-electron chi connectivity index (χ0n) is 18.2. The molecule has 0 atom stereocenters. The van der Waals surface area contributed by atoms with Gasteiger partial charge in [-0.15, -0.1) is 11.3 Å². The summed E-state index contributed by atoms with van der Waals surface area (Å²) in [6.07, 6.45) is 1.67. The lowest BCUT2D eigenvalue weighted by atomic mass is 10.1. The number of benzene rings is 2. The van der Waals surface area contributed by atoms with Crippen LogP contribution in [-0.2, 0) is 9.59 Å². The number of hydrogen-bond donors (Lipinski definition) is 2. The third-order valence-electron chi connectivity index (χ3n) is 5.50. The number of ether oxygens (including phenoxy) is 1. The minimum atomic E-state index is -0.298. The fourth-order valence-corrected chi connectivity index (χ4v) is 4.63. The van der Waals surface area contributed by atoms with Crippen molar-refractivity contribution in [2.24, 2.45) is 0 Å². The molecule has 0 bridgehead atoms. The van der Waals surface area contributed by atoms with Crippen LogP contribution in [0.4, 0.5) is 21.6 Å². The number of halogens is 1. The van der Waals surface area contributed by atoms with Gasteiger partial charge < -0.3 is 20.3 Å². The second kappa shape index (κ2) is 9.06. The van der Waals surface area contributed by atoms with E-state index in [0.717, 1.165) is 21.3 Å². The SMILES string of the molecule is CN1C(=O)COc2ccc(NC(=O)CCNc3ncnc4scc(-c5ccc(F)cc5)c34)cc21. The highest BCUT2D eigenvalue weighted by atomic mass is 32.1. The summed E-state index contributed by atoms with van der Waals surface area (Å²) in [4.78, 5) is 35.4. The van der Waals surface area contributed by atoms with Crippen LogP contribution in [0.5, 0.6) is 5.75 Å². The predicted molar refractivity (Wildman–Crippen MR) is 130 cm³/mol. The summed E-state index contributed by atoms with van der Waals surface area (Å²) in [7, 11) is 1.67. The van der Waals surface area contributed by atoms with Gasteiger partial charge in [0.05, 0.1) is 11.1 Å². The van der Waals surface area contributed by atoms with Crippen LogP contribution in [-0.4, -0.2) is 42.0 Å². The quantitative estimate of drug-likeness (QED) is 0.430. The van der Waals surface area contributed by atoms with Crippen LogP contribution in [0.1, 0.15) is 6.42 Å². The van der Waals surface area contributed by atoms with Gasteiger partial charge in [0.25, 0.3) is 5.91 Å². The monoisotopic (exact) mass is 477 g/mol. The average molecular weight is 478 g/mol. The Morgan fingerprint density at radius 1 is 1.21 bits per heavy atom. The summed E-state index contributed by atoms with van der Waals surface area (Å²) >= 11 is 1.48. The number of nitrogens with zero attached hydrogens (tertiary/aromatic N) is 3. The molecule has 2 aromatic carbocycles. The molecule has 0 saturated heterocycles. The molecule has 5 rings (SSSR count). The number of hydrogen-bond acceptors (Lipinski definition) is 7. The number of fused-ring (bicyclic) bond motifs is 2. The maximum Gasteiger partial charge on any atom is 0.264 e. The highest BCUT2D eigenvalue weighted by Gasteiger charge is 2.22. The topological polar surface area (TPSA) is 96.5 Å². The zero-order chi connectivity index (χ0) is 23.7. The second-order valence-electron chi connectivity index (χ2n) is 7.71. The van der Waals surface area contributed by atoms with Gasteiger partial charge in [-0.05, 0) is 35.9 Å². The summed E-state index contributed by atoms with van der Waals surface area (Å²) in [5, 5.41) is 8.87. The molecule has 3 heterocycles. The maximum absolute atomic E-state index is 13.3. The van der Waals surface area contributed by atoms with Crippen LogP contribution in [0.25, 0.3) is 21.3 Å². The van der Waals surface area contributed by atoms with E-state index >= 15 is 0 Å². The smallest absolute Gasteiger partial charge is 0.264 e. The molecule has 2 N–H and O–H groups in total. The highest BCUT2D eigenvalue weighted by molar-refractivity contribution is 7.17. The summed E-state index contributed by atoms with van der Waals surface area (Å²) < 4.78 is 18.8. The summed E-state index contributed by atoms with van der Waals surface area (Å²) in [6.45, 7) is 0.354. The molecule has 172 valence electrons. The molecule has 0 spiro atoms. The molecule has 0 aliphatic carbocycles. The van der Waals surface area contributed by atoms with Crippen LogP contribution in [0, 0.1) is 5.82 Å². The minimum Gasteiger partial charge on any atom is -0.482 e. The number of aromatic nitrogens is 2. The van der Waals surface area contributed by atoms with Gasteiger partial charge >= 0.3 is 0 Å². The molecule has 2 aromatic heterocycles. The Morgan fingerprint density at radius 3 is 2.85 bits per heavy atom. The molecule has 10 heteroatoms. The van der Waals surface area contributed by atoms with Crippen LogP contribution in [0.2, 0.25) is 0 Å². The molecule has 0 radical (unpaired) electrons. The number of carbonyl (C=O) groups is 2. The second-order valence-corrected chi connectivity index (χ2v) is 8.57. The van der Waals surface area contributed by atoms with Gasteiger partial charge in [-0.25, -0.2) is 14.4 Å². The van der Waals surface area contributed by atoms with E-state index in [1.807, 2.05) is 5.38 Å². The molecule has 1 aliphatic rings. The van der Waals surface area contributed by atoms with Gasteiger partial charge in [0.15, 0.2) is 6.61 Å². The Bertz CT molecular complexity index is 1390. The van der Waals surface area contributed by atoms with E-state index in [9.17, 15) is 14.0 Å². The third kappa shape index (κ3) is 4.27. The van der Waals surface area contributed by atoms with E-state index in [1.165, 1.54) is 34.7 Å². The lowest BCUT2D eigenvalue weighted by Gasteiger charge is -2.26. The largest absolute Gasteiger partial charge is 0.482 e. The lowest BCUT2D eigenvalue weighted by molar-refractivity contribution is -0.121. The fraction of sp³-hybridized carbons (Fsp3) is 0.167. The fourth-order valence-electron chi connectivity index (χ4n) is 3.72.